The monoisotopic (exact) mass is 332 g/mol. The Morgan fingerprint density at radius 2 is 2.13 bits per heavy atom. The number of hydrogen-bond acceptors (Lipinski definition) is 3. The zero-order valence-electron chi connectivity index (χ0n) is 13.9. The molecule has 2 aliphatic rings. The average molecular weight is 332 g/mol. The maximum atomic E-state index is 12.4. The van der Waals surface area contributed by atoms with E-state index in [0.29, 0.717) is 12.6 Å². The van der Waals surface area contributed by atoms with Gasteiger partial charge in [-0.1, -0.05) is 6.42 Å². The fraction of sp³-hybridized carbons (Fsp3) is 0.667. The highest BCUT2D eigenvalue weighted by Crippen LogP contribution is 2.36. The molecule has 23 heavy (non-hydrogen) atoms. The van der Waals surface area contributed by atoms with E-state index in [1.807, 2.05) is 0 Å². The van der Waals surface area contributed by atoms with E-state index >= 15 is 0 Å². The number of thiophene rings is 1. The van der Waals surface area contributed by atoms with Crippen LogP contribution >= 0.6 is 11.3 Å². The summed E-state index contributed by atoms with van der Waals surface area (Å²) in [6.07, 6.45) is 9.33. The number of rotatable bonds is 3. The van der Waals surface area contributed by atoms with Crippen molar-refractivity contribution in [3.63, 3.8) is 0 Å². The lowest BCUT2D eigenvalue weighted by Crippen LogP contribution is -3.17. The Labute approximate surface area is 142 Å². The third kappa shape index (κ3) is 3.76. The number of quaternary nitrogens is 1. The largest absolute Gasteiger partial charge is 0.325 e. The summed E-state index contributed by atoms with van der Waals surface area (Å²) >= 11 is 1.63. The van der Waals surface area contributed by atoms with Crippen LogP contribution in [0.3, 0.4) is 0 Å². The Bertz CT molecular complexity index is 617. The molecule has 1 aromatic heterocycles. The normalized spacial score (nSPS) is 24.3. The zero-order valence-corrected chi connectivity index (χ0v) is 14.7. The SMILES string of the molecule is CC1CCCC[NH+]1CC(=O)Nc1sc2c(c1C#N)CCCCC2. The van der Waals surface area contributed by atoms with Gasteiger partial charge in [0, 0.05) is 4.88 Å². The van der Waals surface area contributed by atoms with Crippen LogP contribution in [0.5, 0.6) is 0 Å². The van der Waals surface area contributed by atoms with E-state index in [2.05, 4.69) is 18.3 Å². The van der Waals surface area contributed by atoms with Crippen LogP contribution < -0.4 is 10.2 Å². The molecule has 0 spiro atoms. The molecule has 1 fully saturated rings. The molecule has 1 aliphatic carbocycles. The van der Waals surface area contributed by atoms with Gasteiger partial charge in [0.15, 0.2) is 6.54 Å². The lowest BCUT2D eigenvalue weighted by molar-refractivity contribution is -0.920. The lowest BCUT2D eigenvalue weighted by atomic mass is 10.0. The number of nitrogens with zero attached hydrogens (tertiary/aromatic N) is 1. The van der Waals surface area contributed by atoms with Gasteiger partial charge in [0.2, 0.25) is 0 Å². The summed E-state index contributed by atoms with van der Waals surface area (Å²) in [5.74, 6) is 0.0571. The maximum Gasteiger partial charge on any atom is 0.280 e. The van der Waals surface area contributed by atoms with Gasteiger partial charge in [-0.2, -0.15) is 5.26 Å². The first kappa shape index (κ1) is 16.5. The molecule has 1 aromatic rings. The van der Waals surface area contributed by atoms with E-state index < -0.39 is 0 Å². The van der Waals surface area contributed by atoms with Crippen LogP contribution in [0.4, 0.5) is 5.00 Å². The molecule has 1 aliphatic heterocycles. The Morgan fingerprint density at radius 1 is 1.30 bits per heavy atom. The molecule has 1 saturated heterocycles. The van der Waals surface area contributed by atoms with Gasteiger partial charge < -0.3 is 10.2 Å². The quantitative estimate of drug-likeness (QED) is 0.835. The van der Waals surface area contributed by atoms with Crippen LogP contribution in [-0.4, -0.2) is 25.0 Å². The molecular formula is C18H26N3OS+. The minimum atomic E-state index is 0.0571. The topological polar surface area (TPSA) is 57.3 Å². The van der Waals surface area contributed by atoms with Gasteiger partial charge in [0.25, 0.3) is 5.91 Å². The molecule has 2 unspecified atom stereocenters. The maximum absolute atomic E-state index is 12.4. The predicted molar refractivity (Wildman–Crippen MR) is 92.9 cm³/mol. The highest BCUT2D eigenvalue weighted by Gasteiger charge is 2.26. The Balaban J connectivity index is 1.70. The van der Waals surface area contributed by atoms with E-state index in [1.54, 1.807) is 11.3 Å². The molecule has 3 rings (SSSR count). The average Bonchev–Trinajstić information content (AvgIpc) is 2.69. The number of piperidine rings is 1. The Hall–Kier alpha value is -1.38. The van der Waals surface area contributed by atoms with Crippen LogP contribution in [-0.2, 0) is 17.6 Å². The molecule has 2 heterocycles. The molecule has 1 amide bonds. The summed E-state index contributed by atoms with van der Waals surface area (Å²) in [6, 6.07) is 2.90. The van der Waals surface area contributed by atoms with Gasteiger partial charge in [-0.3, -0.25) is 4.79 Å². The zero-order chi connectivity index (χ0) is 16.2. The highest BCUT2D eigenvalue weighted by molar-refractivity contribution is 7.16. The van der Waals surface area contributed by atoms with Crippen molar-refractivity contribution >= 4 is 22.2 Å². The molecule has 124 valence electrons. The summed E-state index contributed by atoms with van der Waals surface area (Å²) in [5.41, 5.74) is 1.92. The minimum absolute atomic E-state index is 0.0571. The third-order valence-electron chi connectivity index (χ3n) is 5.26. The molecule has 4 nitrogen and oxygen atoms in total. The first-order valence-corrected chi connectivity index (χ1v) is 9.69. The molecule has 0 bridgehead atoms. The minimum Gasteiger partial charge on any atom is -0.325 e. The van der Waals surface area contributed by atoms with Crippen molar-refractivity contribution < 1.29 is 9.69 Å². The summed E-state index contributed by atoms with van der Waals surface area (Å²) in [5, 5.41) is 13.4. The van der Waals surface area contributed by atoms with E-state index in [4.69, 9.17) is 0 Å². The first-order chi connectivity index (χ1) is 11.2. The number of anilines is 1. The molecule has 0 aromatic carbocycles. The second kappa shape index (κ2) is 7.46. The number of amides is 1. The summed E-state index contributed by atoms with van der Waals surface area (Å²) in [6.45, 7) is 3.84. The van der Waals surface area contributed by atoms with Crippen molar-refractivity contribution in [2.45, 2.75) is 64.3 Å². The van der Waals surface area contributed by atoms with Crippen molar-refractivity contribution in [3.05, 3.63) is 16.0 Å². The van der Waals surface area contributed by atoms with Gasteiger partial charge in [-0.05, 0) is 57.4 Å². The lowest BCUT2D eigenvalue weighted by Gasteiger charge is -2.29. The van der Waals surface area contributed by atoms with Crippen LogP contribution in [0.2, 0.25) is 0 Å². The molecule has 0 saturated carbocycles. The van der Waals surface area contributed by atoms with Gasteiger partial charge in [0.05, 0.1) is 18.2 Å². The van der Waals surface area contributed by atoms with E-state index in [9.17, 15) is 10.1 Å². The fourth-order valence-electron chi connectivity index (χ4n) is 3.84. The number of fused-ring (bicyclic) bond motifs is 1. The molecular weight excluding hydrogens is 306 g/mol. The summed E-state index contributed by atoms with van der Waals surface area (Å²) in [7, 11) is 0. The molecule has 2 atom stereocenters. The second-order valence-corrected chi connectivity index (χ2v) is 8.02. The number of nitriles is 1. The van der Waals surface area contributed by atoms with Crippen molar-refractivity contribution in [1.82, 2.24) is 0 Å². The van der Waals surface area contributed by atoms with Crippen LogP contribution in [0.25, 0.3) is 0 Å². The van der Waals surface area contributed by atoms with Crippen molar-refractivity contribution in [1.29, 1.82) is 5.26 Å². The molecule has 0 radical (unpaired) electrons. The van der Waals surface area contributed by atoms with Crippen LogP contribution in [0.15, 0.2) is 0 Å². The standard InChI is InChI=1S/C18H25N3OS/c1-13-7-5-6-10-21(13)12-17(22)20-18-15(11-19)14-8-3-2-4-9-16(14)23-18/h13H,2-10,12H2,1H3,(H,20,22)/p+1. The van der Waals surface area contributed by atoms with Gasteiger partial charge >= 0.3 is 0 Å². The van der Waals surface area contributed by atoms with E-state index in [1.165, 1.54) is 47.4 Å². The number of likely N-dealkylation sites (tertiary alicyclic amines) is 1. The van der Waals surface area contributed by atoms with Gasteiger partial charge in [-0.25, -0.2) is 0 Å². The van der Waals surface area contributed by atoms with E-state index in [0.717, 1.165) is 36.4 Å². The smallest absolute Gasteiger partial charge is 0.280 e. The van der Waals surface area contributed by atoms with Gasteiger partial charge in [-0.15, -0.1) is 11.3 Å². The van der Waals surface area contributed by atoms with Crippen molar-refractivity contribution in [2.24, 2.45) is 0 Å². The second-order valence-electron chi connectivity index (χ2n) is 6.91. The van der Waals surface area contributed by atoms with Crippen LogP contribution in [0, 0.1) is 11.3 Å². The predicted octanol–water partition coefficient (Wildman–Crippen LogP) is 2.28. The Kier molecular flexibility index (Phi) is 5.34. The highest BCUT2D eigenvalue weighted by atomic mass is 32.1. The number of carbonyl (C=O) groups is 1. The van der Waals surface area contributed by atoms with E-state index in [-0.39, 0.29) is 5.91 Å². The molecule has 5 heteroatoms. The number of nitrogens with one attached hydrogen (secondary N) is 2. The number of hydrogen-bond donors (Lipinski definition) is 2. The van der Waals surface area contributed by atoms with Crippen molar-refractivity contribution in [2.75, 3.05) is 18.4 Å². The Morgan fingerprint density at radius 3 is 2.91 bits per heavy atom. The first-order valence-electron chi connectivity index (χ1n) is 8.88. The van der Waals surface area contributed by atoms with Crippen LogP contribution in [0.1, 0.15) is 61.5 Å². The van der Waals surface area contributed by atoms with Gasteiger partial charge in [0.1, 0.15) is 11.1 Å². The summed E-state index contributed by atoms with van der Waals surface area (Å²) < 4.78 is 0. The third-order valence-corrected chi connectivity index (χ3v) is 6.46. The fourth-order valence-corrected chi connectivity index (χ4v) is 5.10. The number of carbonyl (C=O) groups excluding carboxylic acids is 1. The summed E-state index contributed by atoms with van der Waals surface area (Å²) in [4.78, 5) is 15.1. The molecule has 2 N–H and O–H groups in total. The van der Waals surface area contributed by atoms with Crippen molar-refractivity contribution in [3.8, 4) is 6.07 Å². The number of aryl methyl sites for hydroxylation is 1.